The Hall–Kier alpha value is -0.690. The molecule has 0 spiro atoms. The van der Waals surface area contributed by atoms with Gasteiger partial charge in [-0.3, -0.25) is 14.0 Å². The second-order valence-corrected chi connectivity index (χ2v) is 10.5. The van der Waals surface area contributed by atoms with E-state index in [1.807, 2.05) is 0 Å². The SMILES string of the molecule is O=C(NCSCN=CS(=O)CSCSC(=O)NCSCN=COOCCO)OCCO. The summed E-state index contributed by atoms with van der Waals surface area (Å²) < 4.78 is 16.4. The van der Waals surface area contributed by atoms with Crippen LogP contribution < -0.4 is 10.6 Å². The molecule has 0 heterocycles. The number of aliphatic hydroxyl groups is 2. The zero-order chi connectivity index (χ0) is 23.0. The Morgan fingerprint density at radius 1 is 1.00 bits per heavy atom. The molecule has 0 rings (SSSR count). The van der Waals surface area contributed by atoms with Crippen molar-refractivity contribution in [1.82, 2.24) is 10.6 Å². The summed E-state index contributed by atoms with van der Waals surface area (Å²) in [7, 11) is -1.25. The molecule has 0 aliphatic rings. The van der Waals surface area contributed by atoms with Gasteiger partial charge in [0.2, 0.25) is 6.40 Å². The van der Waals surface area contributed by atoms with Crippen molar-refractivity contribution in [3.05, 3.63) is 0 Å². The lowest BCUT2D eigenvalue weighted by atomic mass is 10.8. The van der Waals surface area contributed by atoms with Gasteiger partial charge in [-0.15, -0.1) is 35.3 Å². The minimum atomic E-state index is -1.25. The van der Waals surface area contributed by atoms with E-state index < -0.39 is 16.9 Å². The van der Waals surface area contributed by atoms with Crippen LogP contribution in [-0.2, 0) is 25.3 Å². The fourth-order valence-electron chi connectivity index (χ4n) is 1.19. The predicted octanol–water partition coefficient (Wildman–Crippen LogP) is 0.838. The largest absolute Gasteiger partial charge is 0.447 e. The van der Waals surface area contributed by atoms with E-state index in [4.69, 9.17) is 10.2 Å². The Labute approximate surface area is 199 Å². The van der Waals surface area contributed by atoms with E-state index in [0.717, 1.165) is 18.2 Å². The molecule has 180 valence electrons. The topological polar surface area (TPSA) is 168 Å². The van der Waals surface area contributed by atoms with Crippen molar-refractivity contribution in [2.75, 3.05) is 60.1 Å². The number of carbonyl (C=O) groups excluding carboxylic acids is 2. The summed E-state index contributed by atoms with van der Waals surface area (Å²) in [5.41, 5.74) is 1.34. The number of nitrogens with one attached hydrogen (secondary N) is 2. The van der Waals surface area contributed by atoms with Gasteiger partial charge in [-0.05, 0) is 0 Å². The molecule has 0 fully saturated rings. The highest BCUT2D eigenvalue weighted by atomic mass is 32.2. The van der Waals surface area contributed by atoms with Crippen LogP contribution in [0.15, 0.2) is 9.98 Å². The summed E-state index contributed by atoms with van der Waals surface area (Å²) in [4.78, 5) is 39.6. The molecule has 0 aliphatic heterocycles. The highest BCUT2D eigenvalue weighted by molar-refractivity contribution is 8.27. The van der Waals surface area contributed by atoms with Gasteiger partial charge in [0.25, 0.3) is 5.24 Å². The van der Waals surface area contributed by atoms with Gasteiger partial charge in [-0.25, -0.2) is 9.79 Å². The molecule has 0 aromatic heterocycles. The van der Waals surface area contributed by atoms with Crippen LogP contribution in [0.2, 0.25) is 0 Å². The minimum Gasteiger partial charge on any atom is -0.447 e. The van der Waals surface area contributed by atoms with E-state index in [9.17, 15) is 13.8 Å². The molecule has 2 amide bonds. The number of rotatable bonds is 19. The highest BCUT2D eigenvalue weighted by Crippen LogP contribution is 2.14. The third-order valence-electron chi connectivity index (χ3n) is 2.32. The normalized spacial score (nSPS) is 12.2. The molecule has 0 aromatic carbocycles. The van der Waals surface area contributed by atoms with Gasteiger partial charge >= 0.3 is 6.09 Å². The van der Waals surface area contributed by atoms with Crippen LogP contribution in [0.5, 0.6) is 0 Å². The fraction of sp³-hybridized carbons (Fsp3) is 0.714. The summed E-state index contributed by atoms with van der Waals surface area (Å²) in [6.07, 6.45) is 0.500. The van der Waals surface area contributed by atoms with Gasteiger partial charge in [0.1, 0.15) is 13.2 Å². The van der Waals surface area contributed by atoms with Crippen LogP contribution in [0.1, 0.15) is 0 Å². The van der Waals surface area contributed by atoms with Crippen molar-refractivity contribution in [1.29, 1.82) is 0 Å². The van der Waals surface area contributed by atoms with E-state index in [1.54, 1.807) is 0 Å². The van der Waals surface area contributed by atoms with Crippen molar-refractivity contribution in [2.24, 2.45) is 9.98 Å². The van der Waals surface area contributed by atoms with Gasteiger partial charge in [-0.2, -0.15) is 4.89 Å². The number of alkyl carbamates (subject to hydrolysis) is 1. The second kappa shape index (κ2) is 24.0. The minimum absolute atomic E-state index is 0.0569. The second-order valence-electron chi connectivity index (χ2n) is 4.64. The summed E-state index contributed by atoms with van der Waals surface area (Å²) in [5, 5.41) is 22.7. The fourth-order valence-corrected chi connectivity index (χ4v) is 5.32. The Morgan fingerprint density at radius 3 is 2.45 bits per heavy atom. The van der Waals surface area contributed by atoms with Crippen molar-refractivity contribution < 1.29 is 38.5 Å². The molecule has 31 heavy (non-hydrogen) atoms. The third-order valence-corrected chi connectivity index (χ3v) is 7.20. The quantitative estimate of drug-likeness (QED) is 0.0457. The Morgan fingerprint density at radius 2 is 1.71 bits per heavy atom. The van der Waals surface area contributed by atoms with Crippen LogP contribution in [0.4, 0.5) is 9.59 Å². The summed E-state index contributed by atoms with van der Waals surface area (Å²) in [6.45, 7) is -0.362. The van der Waals surface area contributed by atoms with Crippen molar-refractivity contribution in [2.45, 2.75) is 0 Å². The monoisotopic (exact) mass is 538 g/mol. The first-order valence-corrected chi connectivity index (χ1v) is 14.3. The van der Waals surface area contributed by atoms with Crippen LogP contribution in [0.3, 0.4) is 0 Å². The molecule has 17 heteroatoms. The molecular formula is C14H26N4O8S5. The lowest BCUT2D eigenvalue weighted by Gasteiger charge is -2.04. The van der Waals surface area contributed by atoms with Crippen molar-refractivity contribution in [3.63, 3.8) is 0 Å². The van der Waals surface area contributed by atoms with Gasteiger partial charge in [0, 0.05) is 5.08 Å². The first kappa shape index (κ1) is 30.3. The van der Waals surface area contributed by atoms with Gasteiger partial charge in [-0.1, -0.05) is 11.8 Å². The van der Waals surface area contributed by atoms with E-state index in [0.29, 0.717) is 27.8 Å². The number of hydrogen-bond acceptors (Lipinski definition) is 14. The average molecular weight is 539 g/mol. The predicted molar refractivity (Wildman–Crippen MR) is 129 cm³/mol. The maximum atomic E-state index is 11.8. The average Bonchev–Trinajstić information content (AvgIpc) is 2.76. The van der Waals surface area contributed by atoms with Gasteiger partial charge in [0.15, 0.2) is 0 Å². The maximum Gasteiger partial charge on any atom is 0.407 e. The molecule has 0 bridgehead atoms. The molecule has 0 aromatic rings. The number of aliphatic imine (C=N–C) groups is 2. The summed E-state index contributed by atoms with van der Waals surface area (Å²) in [6, 6.07) is 0. The van der Waals surface area contributed by atoms with E-state index in [1.165, 1.54) is 40.8 Å². The van der Waals surface area contributed by atoms with Crippen LogP contribution in [0.25, 0.3) is 0 Å². The number of hydrogen-bond donors (Lipinski definition) is 4. The molecule has 1 unspecified atom stereocenters. The molecule has 0 saturated carbocycles. The molecule has 4 N–H and O–H groups in total. The van der Waals surface area contributed by atoms with E-state index in [2.05, 4.69) is 35.1 Å². The molecule has 12 nitrogen and oxygen atoms in total. The smallest absolute Gasteiger partial charge is 0.407 e. The number of amides is 2. The first-order chi connectivity index (χ1) is 15.1. The Bertz CT molecular complexity index is 559. The lowest BCUT2D eigenvalue weighted by Crippen LogP contribution is -2.24. The molecular weight excluding hydrogens is 513 g/mol. The zero-order valence-electron chi connectivity index (χ0n) is 16.5. The van der Waals surface area contributed by atoms with Crippen LogP contribution >= 0.6 is 47.0 Å². The lowest BCUT2D eigenvalue weighted by molar-refractivity contribution is -0.221. The standard InChI is InChI=1S/C14H26N4O8S5/c19-1-3-24-13(21)17-8-28-7-16-10-31(23)12-29-11-30-14(22)18-9-27-6-15-5-26-25-4-2-20/h5,10,19-20H,1-4,6-9,11-12H2,(H,17,21)(H,18,22). The van der Waals surface area contributed by atoms with E-state index in [-0.39, 0.29) is 37.5 Å². The number of thioether (sulfide) groups is 4. The molecule has 0 aliphatic carbocycles. The first-order valence-electron chi connectivity index (χ1n) is 8.50. The summed E-state index contributed by atoms with van der Waals surface area (Å²) in [5.74, 6) is 1.38. The highest BCUT2D eigenvalue weighted by Gasteiger charge is 2.03. The zero-order valence-corrected chi connectivity index (χ0v) is 20.6. The number of carbonyl (C=O) groups is 2. The molecule has 0 saturated heterocycles. The van der Waals surface area contributed by atoms with Gasteiger partial charge in [0.05, 0.1) is 58.2 Å². The van der Waals surface area contributed by atoms with Crippen molar-refractivity contribution in [3.8, 4) is 0 Å². The van der Waals surface area contributed by atoms with E-state index >= 15 is 0 Å². The number of ether oxygens (including phenoxy) is 1. The molecule has 0 radical (unpaired) electrons. The maximum absolute atomic E-state index is 11.8. The number of aliphatic hydroxyl groups excluding tert-OH is 2. The van der Waals surface area contributed by atoms with Crippen molar-refractivity contribution >= 4 is 81.1 Å². The van der Waals surface area contributed by atoms with Crippen LogP contribution in [-0.4, -0.2) is 97.8 Å². The Balaban J connectivity index is 3.51. The summed E-state index contributed by atoms with van der Waals surface area (Å²) >= 11 is 5.11. The van der Waals surface area contributed by atoms with Gasteiger partial charge < -0.3 is 30.5 Å². The third kappa shape index (κ3) is 23.8. The van der Waals surface area contributed by atoms with Crippen LogP contribution in [0, 0.1) is 0 Å². The Kier molecular flexibility index (Phi) is 23.4. The number of nitrogens with zero attached hydrogens (tertiary/aromatic N) is 2. The molecule has 1 atom stereocenters.